The third-order valence-electron chi connectivity index (χ3n) is 16.9. The molecule has 0 spiro atoms. The number of hydrogen-bond donors (Lipinski definition) is 0. The first-order valence-electron chi connectivity index (χ1n) is 37.0. The average Bonchev–Trinajstić information content (AvgIpc) is 3.47. The van der Waals surface area contributed by atoms with Gasteiger partial charge in [-0.15, -0.1) is 0 Å². The highest BCUT2D eigenvalue weighted by Gasteiger charge is 2.20. The zero-order chi connectivity index (χ0) is 59.2. The molecule has 0 heterocycles. The molecule has 82 heavy (non-hydrogen) atoms. The maximum Gasteiger partial charge on any atom is 0.306 e. The van der Waals surface area contributed by atoms with Gasteiger partial charge >= 0.3 is 17.9 Å². The fraction of sp³-hybridized carbons (Fsp3) is 0.882. The number of carbonyl (C=O) groups is 3. The van der Waals surface area contributed by atoms with Crippen molar-refractivity contribution in [1.29, 1.82) is 0 Å². The van der Waals surface area contributed by atoms with Gasteiger partial charge in [-0.1, -0.05) is 372 Å². The van der Waals surface area contributed by atoms with E-state index in [0.717, 1.165) is 70.6 Å². The number of carbonyl (C=O) groups excluding carboxylic acids is 3. The molecule has 0 aromatic rings. The largest absolute Gasteiger partial charge is 0.462 e. The van der Waals surface area contributed by atoms with Crippen molar-refractivity contribution in [2.24, 2.45) is 0 Å². The second-order valence-electron chi connectivity index (χ2n) is 25.2. The highest BCUT2D eigenvalue weighted by molar-refractivity contribution is 5.71. The molecule has 6 nitrogen and oxygen atoms in total. The van der Waals surface area contributed by atoms with Crippen molar-refractivity contribution in [1.82, 2.24) is 0 Å². The first-order chi connectivity index (χ1) is 40.5. The Balaban J connectivity index is 4.19. The van der Waals surface area contributed by atoms with Crippen LogP contribution >= 0.6 is 0 Å². The number of hydrogen-bond acceptors (Lipinski definition) is 6. The Bertz CT molecular complexity index is 1370. The summed E-state index contributed by atoms with van der Waals surface area (Å²) in [4.78, 5) is 38.4. The molecule has 6 heteroatoms. The molecule has 0 aliphatic heterocycles. The lowest BCUT2D eigenvalue weighted by Gasteiger charge is -2.18. The Morgan fingerprint density at radius 1 is 0.244 bits per heavy atom. The number of unbranched alkanes of at least 4 members (excludes halogenated alkanes) is 52. The quantitative estimate of drug-likeness (QED) is 0.0261. The van der Waals surface area contributed by atoms with Crippen molar-refractivity contribution in [2.75, 3.05) is 13.2 Å². The van der Waals surface area contributed by atoms with Gasteiger partial charge in [-0.3, -0.25) is 14.4 Å². The number of allylic oxidation sites excluding steroid dienone is 6. The first kappa shape index (κ1) is 79.6. The van der Waals surface area contributed by atoms with E-state index in [1.54, 1.807) is 0 Å². The summed E-state index contributed by atoms with van der Waals surface area (Å²) in [5.41, 5.74) is 0. The van der Waals surface area contributed by atoms with Gasteiger partial charge in [0.2, 0.25) is 0 Å². The maximum absolute atomic E-state index is 13.0. The molecule has 0 aliphatic carbocycles. The van der Waals surface area contributed by atoms with Gasteiger partial charge in [-0.25, -0.2) is 0 Å². The third kappa shape index (κ3) is 68.4. The Morgan fingerprint density at radius 3 is 0.683 bits per heavy atom. The SMILES string of the molecule is CCCCCCC/C=C\C/C=C\C/C=C\CCCCCCCCCCCCCCC(=O)OCC(COC(=O)CCCCCCCCCCCCCC)OC(=O)CCCCCCCCCCCCCCCCCCCCCCCCCCC. The summed E-state index contributed by atoms with van der Waals surface area (Å²) >= 11 is 0. The van der Waals surface area contributed by atoms with Crippen LogP contribution in [0.4, 0.5) is 0 Å². The molecule has 0 radical (unpaired) electrons. The van der Waals surface area contributed by atoms with Crippen molar-refractivity contribution in [2.45, 2.75) is 419 Å². The molecule has 0 N–H and O–H groups in total. The Hall–Kier alpha value is -2.37. The topological polar surface area (TPSA) is 78.9 Å². The third-order valence-corrected chi connectivity index (χ3v) is 16.9. The molecule has 0 rings (SSSR count). The predicted octanol–water partition coefficient (Wildman–Crippen LogP) is 25.5. The summed E-state index contributed by atoms with van der Waals surface area (Å²) in [5, 5.41) is 0. The standard InChI is InChI=1S/C76H142O6/c1-4-7-10-13-16-19-22-25-27-29-31-33-35-37-38-40-41-43-45-47-49-51-54-57-60-63-66-69-75(78)81-72-73(71-80-74(77)68-65-62-59-56-53-24-21-18-15-12-9-6-3)82-76(79)70-67-64-61-58-55-52-50-48-46-44-42-39-36-34-32-30-28-26-23-20-17-14-11-8-5-2/h22,25,29,31,35,37,73H,4-21,23-24,26-28,30,32-34,36,38-72H2,1-3H3/b25-22-,31-29-,37-35-. The number of ether oxygens (including phenoxy) is 3. The van der Waals surface area contributed by atoms with Crippen LogP contribution in [0, 0.1) is 0 Å². The van der Waals surface area contributed by atoms with Crippen molar-refractivity contribution >= 4 is 17.9 Å². The number of esters is 3. The molecule has 1 atom stereocenters. The van der Waals surface area contributed by atoms with Crippen LogP contribution < -0.4 is 0 Å². The zero-order valence-corrected chi connectivity index (χ0v) is 55.5. The smallest absolute Gasteiger partial charge is 0.306 e. The molecule has 0 aromatic heterocycles. The van der Waals surface area contributed by atoms with E-state index in [-0.39, 0.29) is 31.1 Å². The van der Waals surface area contributed by atoms with Crippen LogP contribution in [0.5, 0.6) is 0 Å². The second kappa shape index (κ2) is 71.1. The minimum absolute atomic E-state index is 0.0660. The van der Waals surface area contributed by atoms with Gasteiger partial charge < -0.3 is 14.2 Å². The van der Waals surface area contributed by atoms with Crippen molar-refractivity contribution < 1.29 is 28.6 Å². The van der Waals surface area contributed by atoms with Crippen molar-refractivity contribution in [3.63, 3.8) is 0 Å². The van der Waals surface area contributed by atoms with E-state index >= 15 is 0 Å². The lowest BCUT2D eigenvalue weighted by Crippen LogP contribution is -2.30. The minimum Gasteiger partial charge on any atom is -0.462 e. The summed E-state index contributed by atoms with van der Waals surface area (Å²) < 4.78 is 17.0. The van der Waals surface area contributed by atoms with Gasteiger partial charge in [-0.2, -0.15) is 0 Å². The van der Waals surface area contributed by atoms with Crippen LogP contribution in [-0.2, 0) is 28.6 Å². The van der Waals surface area contributed by atoms with Crippen LogP contribution in [0.3, 0.4) is 0 Å². The lowest BCUT2D eigenvalue weighted by molar-refractivity contribution is -0.167. The molecular formula is C76H142O6. The fourth-order valence-electron chi connectivity index (χ4n) is 11.3. The molecule has 0 saturated carbocycles. The van der Waals surface area contributed by atoms with Crippen LogP contribution in [0.2, 0.25) is 0 Å². The van der Waals surface area contributed by atoms with Gasteiger partial charge in [0.1, 0.15) is 13.2 Å². The summed E-state index contributed by atoms with van der Waals surface area (Å²) in [6.07, 6.45) is 89.0. The van der Waals surface area contributed by atoms with Gasteiger partial charge in [0.05, 0.1) is 0 Å². The highest BCUT2D eigenvalue weighted by atomic mass is 16.6. The summed E-state index contributed by atoms with van der Waals surface area (Å²) in [5.74, 6) is -0.836. The molecule has 1 unspecified atom stereocenters. The Labute approximate surface area is 512 Å². The van der Waals surface area contributed by atoms with E-state index in [4.69, 9.17) is 14.2 Å². The van der Waals surface area contributed by atoms with Crippen LogP contribution in [0.15, 0.2) is 36.5 Å². The number of rotatable bonds is 69. The molecule has 482 valence electrons. The minimum atomic E-state index is -0.770. The van der Waals surface area contributed by atoms with Crippen LogP contribution in [-0.4, -0.2) is 37.2 Å². The maximum atomic E-state index is 13.0. The van der Waals surface area contributed by atoms with E-state index in [9.17, 15) is 14.4 Å². The van der Waals surface area contributed by atoms with Crippen LogP contribution in [0.25, 0.3) is 0 Å². The second-order valence-corrected chi connectivity index (χ2v) is 25.2. The van der Waals surface area contributed by atoms with Gasteiger partial charge in [0.15, 0.2) is 6.10 Å². The molecule has 0 amide bonds. The summed E-state index contributed by atoms with van der Waals surface area (Å²) in [6, 6.07) is 0. The fourth-order valence-corrected chi connectivity index (χ4v) is 11.3. The normalized spacial score (nSPS) is 12.2. The average molecular weight is 1150 g/mol. The summed E-state index contributed by atoms with van der Waals surface area (Å²) in [7, 11) is 0. The summed E-state index contributed by atoms with van der Waals surface area (Å²) in [6.45, 7) is 6.71. The van der Waals surface area contributed by atoms with Gasteiger partial charge in [0.25, 0.3) is 0 Å². The van der Waals surface area contributed by atoms with Crippen LogP contribution in [0.1, 0.15) is 412 Å². The van der Waals surface area contributed by atoms with E-state index in [2.05, 4.69) is 57.2 Å². The van der Waals surface area contributed by atoms with Crippen molar-refractivity contribution in [3.8, 4) is 0 Å². The molecule has 0 saturated heterocycles. The van der Waals surface area contributed by atoms with Gasteiger partial charge in [-0.05, 0) is 57.8 Å². The molecule has 0 bridgehead atoms. The molecular weight excluding hydrogens is 1010 g/mol. The van der Waals surface area contributed by atoms with Gasteiger partial charge in [0, 0.05) is 19.3 Å². The van der Waals surface area contributed by atoms with E-state index in [0.29, 0.717) is 19.3 Å². The van der Waals surface area contributed by atoms with Crippen molar-refractivity contribution in [3.05, 3.63) is 36.5 Å². The van der Waals surface area contributed by atoms with E-state index < -0.39 is 6.10 Å². The first-order valence-corrected chi connectivity index (χ1v) is 37.0. The Morgan fingerprint density at radius 2 is 0.439 bits per heavy atom. The molecule has 0 aliphatic rings. The lowest BCUT2D eigenvalue weighted by atomic mass is 10.0. The molecule has 0 aromatic carbocycles. The Kier molecular flexibility index (Phi) is 69.1. The molecule has 0 fully saturated rings. The van der Waals surface area contributed by atoms with E-state index in [1.807, 2.05) is 0 Å². The zero-order valence-electron chi connectivity index (χ0n) is 55.5. The monoisotopic (exact) mass is 1150 g/mol. The van der Waals surface area contributed by atoms with E-state index in [1.165, 1.54) is 302 Å². The predicted molar refractivity (Wildman–Crippen MR) is 358 cm³/mol. The highest BCUT2D eigenvalue weighted by Crippen LogP contribution is 2.19.